The van der Waals surface area contributed by atoms with Gasteiger partial charge in [-0.2, -0.15) is 0 Å². The minimum atomic E-state index is 0.0208. The van der Waals surface area contributed by atoms with Gasteiger partial charge in [-0.25, -0.2) is 9.97 Å². The summed E-state index contributed by atoms with van der Waals surface area (Å²) in [5, 5.41) is 4.34. The number of aryl methyl sites for hydroxylation is 1. The number of rotatable bonds is 8. The Morgan fingerprint density at radius 1 is 1.09 bits per heavy atom. The van der Waals surface area contributed by atoms with E-state index in [0.29, 0.717) is 0 Å². The highest BCUT2D eigenvalue weighted by Gasteiger charge is 2.27. The van der Waals surface area contributed by atoms with Crippen molar-refractivity contribution < 1.29 is 4.79 Å². The molecule has 2 saturated heterocycles. The van der Waals surface area contributed by atoms with E-state index in [1.54, 1.807) is 17.7 Å². The number of piperidine rings is 1. The molecule has 0 saturated carbocycles. The maximum absolute atomic E-state index is 13.0. The zero-order chi connectivity index (χ0) is 24.0. The summed E-state index contributed by atoms with van der Waals surface area (Å²) in [7, 11) is 0. The molecule has 2 aromatic heterocycles. The first-order chi connectivity index (χ1) is 17.2. The molecule has 2 aliphatic heterocycles. The van der Waals surface area contributed by atoms with Crippen LogP contribution < -0.4 is 15.1 Å². The zero-order valence-corrected chi connectivity index (χ0v) is 21.5. The van der Waals surface area contributed by atoms with Crippen LogP contribution in [0.25, 0.3) is 10.2 Å². The molecule has 1 atom stereocenters. The van der Waals surface area contributed by atoms with Crippen LogP contribution in [0.15, 0.2) is 42.7 Å². The summed E-state index contributed by atoms with van der Waals surface area (Å²) in [6.07, 6.45) is 5.63. The lowest BCUT2D eigenvalue weighted by atomic mass is 9.97. The zero-order valence-electron chi connectivity index (χ0n) is 20.7. The Balaban J connectivity index is 1.06. The summed E-state index contributed by atoms with van der Waals surface area (Å²) in [6, 6.07) is 12.9. The minimum Gasteiger partial charge on any atom is -0.369 e. The normalized spacial score (nSPS) is 19.3. The maximum Gasteiger partial charge on any atom is 0.224 e. The number of piperazine rings is 1. The largest absolute Gasteiger partial charge is 0.369 e. The van der Waals surface area contributed by atoms with Gasteiger partial charge in [0, 0.05) is 56.4 Å². The molecular weight excluding hydrogens is 456 g/mol. The van der Waals surface area contributed by atoms with Crippen molar-refractivity contribution in [2.75, 3.05) is 62.2 Å². The van der Waals surface area contributed by atoms with E-state index >= 15 is 0 Å². The van der Waals surface area contributed by atoms with Crippen LogP contribution in [0.1, 0.15) is 31.1 Å². The molecule has 0 spiro atoms. The fourth-order valence-electron chi connectivity index (χ4n) is 5.23. The average molecular weight is 493 g/mol. The Morgan fingerprint density at radius 2 is 1.91 bits per heavy atom. The van der Waals surface area contributed by atoms with Gasteiger partial charge in [-0.15, -0.1) is 11.3 Å². The van der Waals surface area contributed by atoms with Gasteiger partial charge in [-0.05, 0) is 50.4 Å². The predicted molar refractivity (Wildman–Crippen MR) is 144 cm³/mol. The molecule has 2 aliphatic rings. The lowest BCUT2D eigenvalue weighted by molar-refractivity contribution is -0.125. The van der Waals surface area contributed by atoms with Crippen LogP contribution in [0.3, 0.4) is 0 Å². The predicted octanol–water partition coefficient (Wildman–Crippen LogP) is 3.80. The summed E-state index contributed by atoms with van der Waals surface area (Å²) in [5.74, 6) is 1.19. The molecule has 1 N–H and O–H groups in total. The van der Waals surface area contributed by atoms with Crippen LogP contribution >= 0.6 is 11.3 Å². The van der Waals surface area contributed by atoms with Crippen molar-refractivity contribution in [2.45, 2.75) is 32.6 Å². The van der Waals surface area contributed by atoms with Gasteiger partial charge in [0.15, 0.2) is 0 Å². The monoisotopic (exact) mass is 492 g/mol. The molecule has 2 fully saturated rings. The minimum absolute atomic E-state index is 0.0208. The summed E-state index contributed by atoms with van der Waals surface area (Å²) < 4.78 is 0. The number of nitrogens with zero attached hydrogens (tertiary/aromatic N) is 5. The number of thiophene rings is 1. The van der Waals surface area contributed by atoms with Crippen molar-refractivity contribution in [3.8, 4) is 0 Å². The highest BCUT2D eigenvalue weighted by molar-refractivity contribution is 7.18. The van der Waals surface area contributed by atoms with Crippen LogP contribution in [0.2, 0.25) is 0 Å². The van der Waals surface area contributed by atoms with E-state index in [4.69, 9.17) is 0 Å². The van der Waals surface area contributed by atoms with Crippen LogP contribution in [0.4, 0.5) is 11.5 Å². The lowest BCUT2D eigenvalue weighted by Gasteiger charge is -2.36. The van der Waals surface area contributed by atoms with Gasteiger partial charge in [0.25, 0.3) is 0 Å². The number of carbonyl (C=O) groups excluding carboxylic acids is 1. The second-order valence-electron chi connectivity index (χ2n) is 9.58. The number of aromatic nitrogens is 2. The van der Waals surface area contributed by atoms with Gasteiger partial charge < -0.3 is 15.1 Å². The van der Waals surface area contributed by atoms with Crippen LogP contribution in [-0.4, -0.2) is 73.1 Å². The molecule has 1 aromatic carbocycles. The third-order valence-corrected chi connectivity index (χ3v) is 8.43. The summed E-state index contributed by atoms with van der Waals surface area (Å²) in [4.78, 5) is 31.6. The summed E-state index contributed by atoms with van der Waals surface area (Å²) in [6.45, 7) is 9.92. The van der Waals surface area contributed by atoms with Gasteiger partial charge in [-0.3, -0.25) is 9.69 Å². The molecule has 0 unspecified atom stereocenters. The van der Waals surface area contributed by atoms with E-state index in [-0.39, 0.29) is 11.8 Å². The highest BCUT2D eigenvalue weighted by atomic mass is 32.1. The van der Waals surface area contributed by atoms with Crippen molar-refractivity contribution in [2.24, 2.45) is 5.92 Å². The van der Waals surface area contributed by atoms with E-state index in [2.05, 4.69) is 73.3 Å². The number of fused-ring (bicyclic) bond motifs is 1. The van der Waals surface area contributed by atoms with Gasteiger partial charge >= 0.3 is 0 Å². The van der Waals surface area contributed by atoms with Crippen LogP contribution in [-0.2, 0) is 11.2 Å². The molecule has 7 nitrogen and oxygen atoms in total. The van der Waals surface area contributed by atoms with Crippen molar-refractivity contribution >= 4 is 39.0 Å². The first kappa shape index (κ1) is 24.0. The lowest BCUT2D eigenvalue weighted by Crippen LogP contribution is -2.47. The number of carbonyl (C=O) groups is 1. The number of anilines is 2. The topological polar surface area (TPSA) is 64.6 Å². The van der Waals surface area contributed by atoms with Gasteiger partial charge in [0.2, 0.25) is 5.91 Å². The van der Waals surface area contributed by atoms with Crippen molar-refractivity contribution in [3.63, 3.8) is 0 Å². The summed E-state index contributed by atoms with van der Waals surface area (Å²) >= 11 is 1.74. The van der Waals surface area contributed by atoms with E-state index in [0.717, 1.165) is 94.1 Å². The third kappa shape index (κ3) is 5.76. The fourth-order valence-corrected chi connectivity index (χ4v) is 6.16. The Kier molecular flexibility index (Phi) is 7.79. The molecule has 3 aromatic rings. The van der Waals surface area contributed by atoms with Gasteiger partial charge in [0.05, 0.1) is 11.3 Å². The maximum atomic E-state index is 13.0. The van der Waals surface area contributed by atoms with E-state index < -0.39 is 0 Å². The quantitative estimate of drug-likeness (QED) is 0.483. The molecule has 1 amide bonds. The SMILES string of the molecule is CCc1cc2c(N3CCC[C@H](C(=O)NCCCN4CCN(c5ccccc5)CC4)C3)ncnc2s1. The number of nitrogens with one attached hydrogen (secondary N) is 1. The number of hydrogen-bond donors (Lipinski definition) is 1. The highest BCUT2D eigenvalue weighted by Crippen LogP contribution is 2.32. The molecule has 186 valence electrons. The Labute approximate surface area is 212 Å². The molecular formula is C27H36N6OS. The standard InChI is InChI=1S/C27H36N6OS/c1-2-23-18-24-25(29-20-30-27(24)35-23)33-13-6-8-21(19-33)26(34)28-11-7-12-31-14-16-32(17-15-31)22-9-4-3-5-10-22/h3-5,9-10,18,20-21H,2,6-8,11-17,19H2,1H3,(H,28,34)/t21-/m0/s1. The van der Waals surface area contributed by atoms with E-state index in [1.807, 2.05) is 0 Å². The molecule has 0 bridgehead atoms. The molecule has 4 heterocycles. The van der Waals surface area contributed by atoms with Crippen molar-refractivity contribution in [1.29, 1.82) is 0 Å². The first-order valence-electron chi connectivity index (χ1n) is 13.0. The second-order valence-corrected chi connectivity index (χ2v) is 10.7. The van der Waals surface area contributed by atoms with E-state index in [9.17, 15) is 4.79 Å². The fraction of sp³-hybridized carbons (Fsp3) is 0.519. The first-order valence-corrected chi connectivity index (χ1v) is 13.8. The van der Waals surface area contributed by atoms with Crippen LogP contribution in [0, 0.1) is 5.92 Å². The smallest absolute Gasteiger partial charge is 0.224 e. The van der Waals surface area contributed by atoms with Crippen LogP contribution in [0.5, 0.6) is 0 Å². The Bertz CT molecular complexity index is 1110. The number of para-hydroxylation sites is 1. The number of amides is 1. The van der Waals surface area contributed by atoms with Gasteiger partial charge in [-0.1, -0.05) is 25.1 Å². The molecule has 8 heteroatoms. The van der Waals surface area contributed by atoms with E-state index in [1.165, 1.54) is 10.6 Å². The van der Waals surface area contributed by atoms with Gasteiger partial charge in [0.1, 0.15) is 17.0 Å². The molecule has 0 radical (unpaired) electrons. The molecule has 5 rings (SSSR count). The summed E-state index contributed by atoms with van der Waals surface area (Å²) in [5.41, 5.74) is 1.31. The second kappa shape index (κ2) is 11.4. The number of hydrogen-bond acceptors (Lipinski definition) is 7. The molecule has 0 aliphatic carbocycles. The average Bonchev–Trinajstić information content (AvgIpc) is 3.36. The van der Waals surface area contributed by atoms with Crippen molar-refractivity contribution in [3.05, 3.63) is 47.6 Å². The number of benzene rings is 1. The Hall–Kier alpha value is -2.71. The third-order valence-electron chi connectivity index (χ3n) is 7.24. The Morgan fingerprint density at radius 3 is 2.71 bits per heavy atom. The van der Waals surface area contributed by atoms with Crippen molar-refractivity contribution in [1.82, 2.24) is 20.2 Å². The molecule has 35 heavy (non-hydrogen) atoms.